The normalized spacial score (nSPS) is 11.7. The zero-order chi connectivity index (χ0) is 23.2. The third-order valence-electron chi connectivity index (χ3n) is 5.18. The van der Waals surface area contributed by atoms with E-state index in [-0.39, 0.29) is 12.6 Å². The zero-order valence-electron chi connectivity index (χ0n) is 18.7. The number of nitrogens with two attached hydrogens (primary N) is 1. The summed E-state index contributed by atoms with van der Waals surface area (Å²) in [5.41, 5.74) is 9.00. The average Bonchev–Trinajstić information content (AvgIpc) is 2.84. The minimum Gasteiger partial charge on any atom is -0.392 e. The summed E-state index contributed by atoms with van der Waals surface area (Å²) >= 11 is 0. The molecule has 0 amide bonds. The number of nitrogens with one attached hydrogen (secondary N) is 1. The van der Waals surface area contributed by atoms with Gasteiger partial charge in [0.2, 0.25) is 5.95 Å². The Bertz CT molecular complexity index is 1220. The van der Waals surface area contributed by atoms with Crippen LogP contribution in [0.2, 0.25) is 0 Å². The fourth-order valence-corrected chi connectivity index (χ4v) is 3.54. The van der Waals surface area contributed by atoms with Crippen molar-refractivity contribution in [2.45, 2.75) is 26.0 Å². The molecular formula is C25H27N7O. The third-order valence-corrected chi connectivity index (χ3v) is 5.18. The van der Waals surface area contributed by atoms with E-state index in [4.69, 9.17) is 5.73 Å². The topological polar surface area (TPSA) is 113 Å². The van der Waals surface area contributed by atoms with Gasteiger partial charge in [-0.15, -0.1) is 0 Å². The van der Waals surface area contributed by atoms with Gasteiger partial charge in [0.1, 0.15) is 17.5 Å². The van der Waals surface area contributed by atoms with Crippen LogP contribution in [0, 0.1) is 0 Å². The molecule has 2 aromatic carbocycles. The number of nitrogens with zero attached hydrogens (tertiary/aromatic N) is 5. The number of benzene rings is 2. The first-order chi connectivity index (χ1) is 16.0. The molecule has 0 aliphatic carbocycles. The van der Waals surface area contributed by atoms with Crippen molar-refractivity contribution in [1.29, 1.82) is 0 Å². The number of nitrogen functional groups attached to an aromatic ring is 1. The molecule has 0 aliphatic rings. The smallest absolute Gasteiger partial charge is 0.224 e. The largest absolute Gasteiger partial charge is 0.392 e. The number of anilines is 4. The maximum Gasteiger partial charge on any atom is 0.224 e. The monoisotopic (exact) mass is 441 g/mol. The van der Waals surface area contributed by atoms with Crippen molar-refractivity contribution in [3.63, 3.8) is 0 Å². The number of rotatable bonds is 8. The molecule has 0 saturated carbocycles. The molecule has 33 heavy (non-hydrogen) atoms. The fraction of sp³-hybridized carbons (Fsp3) is 0.200. The Morgan fingerprint density at radius 3 is 2.52 bits per heavy atom. The molecule has 0 fully saturated rings. The first kappa shape index (κ1) is 22.2. The van der Waals surface area contributed by atoms with Gasteiger partial charge in [0.25, 0.3) is 0 Å². The first-order valence-electron chi connectivity index (χ1n) is 10.7. The van der Waals surface area contributed by atoms with Crippen LogP contribution in [0.3, 0.4) is 0 Å². The van der Waals surface area contributed by atoms with Gasteiger partial charge in [0, 0.05) is 30.9 Å². The van der Waals surface area contributed by atoms with Crippen LogP contribution in [-0.4, -0.2) is 38.1 Å². The predicted molar refractivity (Wildman–Crippen MR) is 131 cm³/mol. The molecule has 0 aliphatic heterocycles. The second-order valence-electron chi connectivity index (χ2n) is 7.87. The molecular weight excluding hydrogens is 414 g/mol. The maximum atomic E-state index is 9.35. The van der Waals surface area contributed by atoms with Crippen LogP contribution in [0.25, 0.3) is 11.4 Å². The van der Waals surface area contributed by atoms with Crippen molar-refractivity contribution in [3.8, 4) is 11.4 Å². The average molecular weight is 442 g/mol. The van der Waals surface area contributed by atoms with E-state index in [1.54, 1.807) is 12.3 Å². The van der Waals surface area contributed by atoms with Crippen molar-refractivity contribution in [2.75, 3.05) is 23.0 Å². The Labute approximate surface area is 193 Å². The summed E-state index contributed by atoms with van der Waals surface area (Å²) in [5, 5.41) is 12.7. The quantitative estimate of drug-likeness (QED) is 0.378. The Hall–Kier alpha value is -4.04. The summed E-state index contributed by atoms with van der Waals surface area (Å²) in [5.74, 6) is 2.79. The minimum absolute atomic E-state index is 0.0344. The molecule has 1 unspecified atom stereocenters. The molecule has 2 heterocycles. The van der Waals surface area contributed by atoms with Gasteiger partial charge in [0.15, 0.2) is 5.82 Å². The molecule has 1 atom stereocenters. The second kappa shape index (κ2) is 10.1. The highest BCUT2D eigenvalue weighted by Crippen LogP contribution is 2.25. The van der Waals surface area contributed by atoms with E-state index in [9.17, 15) is 5.11 Å². The van der Waals surface area contributed by atoms with Crippen LogP contribution >= 0.6 is 0 Å². The van der Waals surface area contributed by atoms with Crippen molar-refractivity contribution in [1.82, 2.24) is 19.9 Å². The summed E-state index contributed by atoms with van der Waals surface area (Å²) in [6.07, 6.45) is 2.49. The molecule has 4 rings (SSSR count). The summed E-state index contributed by atoms with van der Waals surface area (Å²) in [6.45, 7) is 2.11. The molecule has 8 nitrogen and oxygen atoms in total. The van der Waals surface area contributed by atoms with Gasteiger partial charge in [-0.05, 0) is 30.5 Å². The highest BCUT2D eigenvalue weighted by atomic mass is 16.3. The molecule has 168 valence electrons. The van der Waals surface area contributed by atoms with E-state index in [1.165, 1.54) is 0 Å². The standard InChI is InChI=1S/C25H27N7O/c1-17(13-18-7-6-8-19(14-18)16-33)28-25-27-12-11-22(31-25)32(2)23-15-21(26)29-24(30-23)20-9-4-3-5-10-20/h3-12,14-15,17,33H,13,16H2,1-2H3,(H2,26,29,30)(H,27,28,31). The van der Waals surface area contributed by atoms with Gasteiger partial charge in [0.05, 0.1) is 6.61 Å². The SMILES string of the molecule is CC(Cc1cccc(CO)c1)Nc1nccc(N(C)c2cc(N)nc(-c3ccccc3)n2)n1. The van der Waals surface area contributed by atoms with Gasteiger partial charge < -0.3 is 21.1 Å². The lowest BCUT2D eigenvalue weighted by atomic mass is 10.0. The van der Waals surface area contributed by atoms with Crippen LogP contribution in [0.15, 0.2) is 72.9 Å². The van der Waals surface area contributed by atoms with E-state index < -0.39 is 0 Å². The van der Waals surface area contributed by atoms with Crippen molar-refractivity contribution in [3.05, 3.63) is 84.1 Å². The number of aromatic nitrogens is 4. The molecule has 8 heteroatoms. The van der Waals surface area contributed by atoms with Gasteiger partial charge in [-0.3, -0.25) is 0 Å². The Morgan fingerprint density at radius 1 is 0.939 bits per heavy atom. The van der Waals surface area contributed by atoms with Crippen molar-refractivity contribution >= 4 is 23.4 Å². The van der Waals surface area contributed by atoms with Crippen LogP contribution < -0.4 is 16.0 Å². The number of aliphatic hydroxyl groups is 1. The van der Waals surface area contributed by atoms with Gasteiger partial charge in [-0.25, -0.2) is 15.0 Å². The molecule has 2 aromatic heterocycles. The fourth-order valence-electron chi connectivity index (χ4n) is 3.54. The number of hydrogen-bond acceptors (Lipinski definition) is 8. The summed E-state index contributed by atoms with van der Waals surface area (Å²) in [6, 6.07) is 21.3. The molecule has 4 N–H and O–H groups in total. The lowest BCUT2D eigenvalue weighted by molar-refractivity contribution is 0.281. The molecule has 4 aromatic rings. The number of hydrogen-bond donors (Lipinski definition) is 3. The Balaban J connectivity index is 1.51. The van der Waals surface area contributed by atoms with Gasteiger partial charge in [-0.2, -0.15) is 4.98 Å². The molecule has 0 bridgehead atoms. The van der Waals surface area contributed by atoms with Gasteiger partial charge in [-0.1, -0.05) is 54.6 Å². The van der Waals surface area contributed by atoms with Crippen LogP contribution in [0.1, 0.15) is 18.1 Å². The Kier molecular flexibility index (Phi) is 6.75. The molecule has 0 saturated heterocycles. The first-order valence-corrected chi connectivity index (χ1v) is 10.7. The molecule has 0 radical (unpaired) electrons. The highest BCUT2D eigenvalue weighted by molar-refractivity contribution is 5.64. The Morgan fingerprint density at radius 2 is 1.73 bits per heavy atom. The van der Waals surface area contributed by atoms with Gasteiger partial charge >= 0.3 is 0 Å². The van der Waals surface area contributed by atoms with Crippen molar-refractivity contribution in [2.24, 2.45) is 0 Å². The van der Waals surface area contributed by atoms with Crippen LogP contribution in [-0.2, 0) is 13.0 Å². The second-order valence-corrected chi connectivity index (χ2v) is 7.87. The van der Waals surface area contributed by atoms with E-state index in [0.717, 1.165) is 23.1 Å². The molecule has 0 spiro atoms. The van der Waals surface area contributed by atoms with Crippen LogP contribution in [0.5, 0.6) is 0 Å². The summed E-state index contributed by atoms with van der Waals surface area (Å²) < 4.78 is 0. The van der Waals surface area contributed by atoms with Crippen molar-refractivity contribution < 1.29 is 5.11 Å². The summed E-state index contributed by atoms with van der Waals surface area (Å²) in [4.78, 5) is 19.9. The predicted octanol–water partition coefficient (Wildman–Crippen LogP) is 3.82. The number of aliphatic hydroxyl groups excluding tert-OH is 1. The highest BCUT2D eigenvalue weighted by Gasteiger charge is 2.13. The minimum atomic E-state index is 0.0344. The third kappa shape index (κ3) is 5.61. The lowest BCUT2D eigenvalue weighted by Crippen LogP contribution is -2.21. The summed E-state index contributed by atoms with van der Waals surface area (Å²) in [7, 11) is 1.88. The van der Waals surface area contributed by atoms with E-state index in [2.05, 4.69) is 32.2 Å². The van der Waals surface area contributed by atoms with E-state index in [1.807, 2.05) is 72.6 Å². The van der Waals surface area contributed by atoms with E-state index >= 15 is 0 Å². The lowest BCUT2D eigenvalue weighted by Gasteiger charge is -2.20. The van der Waals surface area contributed by atoms with E-state index in [0.29, 0.717) is 29.2 Å². The maximum absolute atomic E-state index is 9.35. The zero-order valence-corrected chi connectivity index (χ0v) is 18.7. The van der Waals surface area contributed by atoms with Crippen LogP contribution in [0.4, 0.5) is 23.4 Å².